The van der Waals surface area contributed by atoms with E-state index in [1.165, 1.54) is 11.3 Å². The van der Waals surface area contributed by atoms with Crippen molar-refractivity contribution in [3.05, 3.63) is 69.2 Å². The highest BCUT2D eigenvalue weighted by molar-refractivity contribution is 9.10. The average Bonchev–Trinajstić information content (AvgIpc) is 2.43. The Balaban J connectivity index is 2.52. The Bertz CT molecular complexity index is 632. The molecule has 0 amide bonds. The van der Waals surface area contributed by atoms with Gasteiger partial charge in [-0.2, -0.15) is 0 Å². The Morgan fingerprint density at radius 2 is 1.67 bits per heavy atom. The zero-order valence-electron chi connectivity index (χ0n) is 12.4. The van der Waals surface area contributed by atoms with Gasteiger partial charge in [-0.05, 0) is 61.4 Å². The van der Waals surface area contributed by atoms with Crippen LogP contribution in [0.2, 0.25) is 0 Å². The summed E-state index contributed by atoms with van der Waals surface area (Å²) in [7, 11) is 0. The van der Waals surface area contributed by atoms with E-state index in [1.807, 2.05) is 6.92 Å². The molecule has 0 saturated heterocycles. The average molecular weight is 409 g/mol. The van der Waals surface area contributed by atoms with Crippen LogP contribution in [0.15, 0.2) is 63.7 Å². The van der Waals surface area contributed by atoms with Gasteiger partial charge in [-0.15, -0.1) is 0 Å². The van der Waals surface area contributed by atoms with Crippen LogP contribution in [0.25, 0.3) is 0 Å². The van der Waals surface area contributed by atoms with Crippen molar-refractivity contribution in [2.45, 2.75) is 26.7 Å². The summed E-state index contributed by atoms with van der Waals surface area (Å²) in [5.74, 6) is 0. The van der Waals surface area contributed by atoms with E-state index in [1.54, 1.807) is 0 Å². The number of benzene rings is 2. The van der Waals surface area contributed by atoms with Crippen molar-refractivity contribution in [2.24, 2.45) is 0 Å². The van der Waals surface area contributed by atoms with E-state index < -0.39 is 0 Å². The minimum atomic E-state index is 1.01. The molecule has 0 N–H and O–H groups in total. The smallest absolute Gasteiger partial charge is 0.0490 e. The second-order valence-corrected chi connectivity index (χ2v) is 6.90. The maximum atomic E-state index is 4.16. The van der Waals surface area contributed by atoms with Crippen LogP contribution >= 0.6 is 31.9 Å². The first-order valence-electron chi connectivity index (χ1n) is 7.02. The zero-order valence-corrected chi connectivity index (χ0v) is 15.5. The van der Waals surface area contributed by atoms with Crippen LogP contribution < -0.4 is 4.90 Å². The van der Waals surface area contributed by atoms with Crippen molar-refractivity contribution in [1.82, 2.24) is 0 Å². The fourth-order valence-corrected chi connectivity index (χ4v) is 3.07. The maximum Gasteiger partial charge on any atom is 0.0490 e. The molecule has 0 aliphatic rings. The monoisotopic (exact) mass is 407 g/mol. The lowest BCUT2D eigenvalue weighted by Gasteiger charge is -2.27. The molecule has 0 aliphatic heterocycles. The third-order valence-electron chi connectivity index (χ3n) is 3.27. The predicted octanol–water partition coefficient (Wildman–Crippen LogP) is 6.84. The third kappa shape index (κ3) is 3.98. The van der Waals surface area contributed by atoms with Crippen LogP contribution in [0.3, 0.4) is 0 Å². The molecular weight excluding hydrogens is 390 g/mol. The van der Waals surface area contributed by atoms with Gasteiger partial charge in [-0.25, -0.2) is 0 Å². The highest BCUT2D eigenvalue weighted by Crippen LogP contribution is 2.34. The molecule has 1 nitrogen and oxygen atoms in total. The van der Waals surface area contributed by atoms with Crippen molar-refractivity contribution in [3.8, 4) is 0 Å². The quantitative estimate of drug-likeness (QED) is 0.523. The highest BCUT2D eigenvalue weighted by atomic mass is 79.9. The molecule has 0 spiro atoms. The van der Waals surface area contributed by atoms with Gasteiger partial charge in [0.1, 0.15) is 0 Å². The molecule has 0 radical (unpaired) electrons. The first kappa shape index (κ1) is 16.3. The Morgan fingerprint density at radius 3 is 2.24 bits per heavy atom. The maximum absolute atomic E-state index is 4.16. The van der Waals surface area contributed by atoms with Crippen LogP contribution in [0.1, 0.15) is 25.8 Å². The second kappa shape index (κ2) is 7.28. The minimum Gasteiger partial charge on any atom is -0.315 e. The summed E-state index contributed by atoms with van der Waals surface area (Å²) < 4.78 is 2.20. The fourth-order valence-electron chi connectivity index (χ4n) is 2.40. The molecule has 0 heterocycles. The molecule has 0 atom stereocenters. The standard InChI is InChI=1S/C18H19Br2N/c1-4-5-14-12-16(20)8-11-18(14)21(13(2)3)17-9-6-15(19)7-10-17/h6-12H,2,4-5H2,1,3H3. The van der Waals surface area contributed by atoms with Gasteiger partial charge >= 0.3 is 0 Å². The number of anilines is 2. The molecule has 0 unspecified atom stereocenters. The Labute approximate surface area is 143 Å². The number of rotatable bonds is 5. The van der Waals surface area contributed by atoms with Gasteiger partial charge in [-0.1, -0.05) is 51.8 Å². The van der Waals surface area contributed by atoms with Crippen molar-refractivity contribution < 1.29 is 0 Å². The first-order chi connectivity index (χ1) is 10.0. The molecule has 2 aromatic carbocycles. The van der Waals surface area contributed by atoms with Gasteiger partial charge in [-0.3, -0.25) is 0 Å². The molecule has 0 fully saturated rings. The first-order valence-corrected chi connectivity index (χ1v) is 8.61. The van der Waals surface area contributed by atoms with Crippen molar-refractivity contribution in [1.29, 1.82) is 0 Å². The van der Waals surface area contributed by atoms with E-state index in [2.05, 4.69) is 92.7 Å². The summed E-state index contributed by atoms with van der Waals surface area (Å²) in [6.45, 7) is 8.40. The molecular formula is C18H19Br2N. The number of halogens is 2. The summed E-state index contributed by atoms with van der Waals surface area (Å²) >= 11 is 7.06. The van der Waals surface area contributed by atoms with E-state index in [9.17, 15) is 0 Å². The summed E-state index contributed by atoms with van der Waals surface area (Å²) in [6, 6.07) is 14.8. The molecule has 110 valence electrons. The van der Waals surface area contributed by atoms with Crippen molar-refractivity contribution >= 4 is 43.2 Å². The predicted molar refractivity (Wildman–Crippen MR) is 99.2 cm³/mol. The lowest BCUT2D eigenvalue weighted by molar-refractivity contribution is 0.915. The van der Waals surface area contributed by atoms with Gasteiger partial charge in [0.15, 0.2) is 0 Å². The van der Waals surface area contributed by atoms with Crippen LogP contribution in [0.5, 0.6) is 0 Å². The largest absolute Gasteiger partial charge is 0.315 e. The summed E-state index contributed by atoms with van der Waals surface area (Å²) in [6.07, 6.45) is 2.17. The normalized spacial score (nSPS) is 10.5. The Hall–Kier alpha value is -1.06. The minimum absolute atomic E-state index is 1.01. The van der Waals surface area contributed by atoms with Crippen LogP contribution in [0, 0.1) is 0 Å². The molecule has 3 heteroatoms. The lowest BCUT2D eigenvalue weighted by Crippen LogP contribution is -2.15. The third-order valence-corrected chi connectivity index (χ3v) is 4.29. The van der Waals surface area contributed by atoms with Gasteiger partial charge in [0.05, 0.1) is 0 Å². The number of hydrogen-bond acceptors (Lipinski definition) is 1. The number of allylic oxidation sites excluding steroid dienone is 1. The van der Waals surface area contributed by atoms with Gasteiger partial charge in [0.25, 0.3) is 0 Å². The fraction of sp³-hybridized carbons (Fsp3) is 0.222. The number of nitrogens with zero attached hydrogens (tertiary/aromatic N) is 1. The van der Waals surface area contributed by atoms with E-state index in [0.717, 1.165) is 33.2 Å². The number of aryl methyl sites for hydroxylation is 1. The van der Waals surface area contributed by atoms with Crippen molar-refractivity contribution in [2.75, 3.05) is 4.90 Å². The summed E-state index contributed by atoms with van der Waals surface area (Å²) in [4.78, 5) is 2.21. The van der Waals surface area contributed by atoms with Crippen LogP contribution in [0.4, 0.5) is 11.4 Å². The SMILES string of the molecule is C=C(C)N(c1ccc(Br)cc1)c1ccc(Br)cc1CCC. The van der Waals surface area contributed by atoms with E-state index in [0.29, 0.717) is 0 Å². The topological polar surface area (TPSA) is 3.24 Å². The Morgan fingerprint density at radius 1 is 1.05 bits per heavy atom. The molecule has 0 bridgehead atoms. The van der Waals surface area contributed by atoms with Gasteiger partial charge in [0.2, 0.25) is 0 Å². The highest BCUT2D eigenvalue weighted by Gasteiger charge is 2.14. The van der Waals surface area contributed by atoms with Gasteiger partial charge < -0.3 is 4.90 Å². The van der Waals surface area contributed by atoms with Crippen molar-refractivity contribution in [3.63, 3.8) is 0 Å². The molecule has 21 heavy (non-hydrogen) atoms. The summed E-state index contributed by atoms with van der Waals surface area (Å²) in [5, 5.41) is 0. The molecule has 0 aromatic heterocycles. The lowest BCUT2D eigenvalue weighted by atomic mass is 10.1. The van der Waals surface area contributed by atoms with Crippen LogP contribution in [-0.4, -0.2) is 0 Å². The number of hydrogen-bond donors (Lipinski definition) is 0. The molecule has 0 saturated carbocycles. The molecule has 2 aromatic rings. The van der Waals surface area contributed by atoms with E-state index >= 15 is 0 Å². The van der Waals surface area contributed by atoms with Gasteiger partial charge in [0, 0.05) is 26.0 Å². The van der Waals surface area contributed by atoms with Crippen LogP contribution in [-0.2, 0) is 6.42 Å². The Kier molecular flexibility index (Phi) is 5.65. The van der Waals surface area contributed by atoms with E-state index in [4.69, 9.17) is 0 Å². The molecule has 0 aliphatic carbocycles. The molecule has 2 rings (SSSR count). The van der Waals surface area contributed by atoms with E-state index in [-0.39, 0.29) is 0 Å². The summed E-state index contributed by atoms with van der Waals surface area (Å²) in [5.41, 5.74) is 4.68. The zero-order chi connectivity index (χ0) is 15.4. The second-order valence-electron chi connectivity index (χ2n) is 5.07.